The second kappa shape index (κ2) is 15.7. The Morgan fingerprint density at radius 2 is 0.607 bits per heavy atom. The molecule has 61 heavy (non-hydrogen) atoms. The molecule has 11 rings (SSSR count). The van der Waals surface area contributed by atoms with Gasteiger partial charge >= 0.3 is 0 Å². The Morgan fingerprint density at radius 3 is 1.10 bits per heavy atom. The van der Waals surface area contributed by atoms with E-state index in [1.54, 1.807) is 11.3 Å². The van der Waals surface area contributed by atoms with E-state index in [1.807, 2.05) is 78.9 Å². The van der Waals surface area contributed by atoms with Crippen LogP contribution in [0.3, 0.4) is 0 Å². The summed E-state index contributed by atoms with van der Waals surface area (Å²) in [5.74, 6) is 2.65. The second-order valence-electron chi connectivity index (χ2n) is 14.9. The Bertz CT molecular complexity index is 3310. The number of rotatable bonds is 8. The Hall–Kier alpha value is -7.93. The molecule has 0 spiro atoms. The largest absolute Gasteiger partial charge is 0.226 e. The fourth-order valence-electron chi connectivity index (χ4n) is 7.88. The molecular weight excluding hydrogens is 763 g/mol. The fourth-order valence-corrected chi connectivity index (χ4v) is 9.03. The minimum Gasteiger partial charge on any atom is -0.226 e. The molecule has 0 atom stereocenters. The zero-order valence-electron chi connectivity index (χ0n) is 32.9. The average molecular weight is 798 g/mol. The van der Waals surface area contributed by atoms with E-state index in [-0.39, 0.29) is 0 Å². The quantitative estimate of drug-likeness (QED) is 0.153. The van der Waals surface area contributed by atoms with Crippen molar-refractivity contribution in [3.63, 3.8) is 0 Å². The van der Waals surface area contributed by atoms with Gasteiger partial charge in [0.2, 0.25) is 0 Å². The van der Waals surface area contributed by atoms with Crippen molar-refractivity contribution in [3.05, 3.63) is 212 Å². The smallest absolute Gasteiger partial charge is 0.164 e. The van der Waals surface area contributed by atoms with Crippen molar-refractivity contribution >= 4 is 31.6 Å². The maximum absolute atomic E-state index is 5.23. The zero-order chi connectivity index (χ0) is 40.5. The minimum atomic E-state index is 0.631. The van der Waals surface area contributed by atoms with Crippen molar-refractivity contribution in [3.8, 4) is 90.2 Å². The van der Waals surface area contributed by atoms with Gasteiger partial charge in [-0.25, -0.2) is 24.9 Å². The molecular formula is C55H35N5S. The molecule has 0 radical (unpaired) electrons. The predicted molar refractivity (Wildman–Crippen MR) is 252 cm³/mol. The fraction of sp³-hybridized carbons (Fsp3) is 0. The third-order valence-electron chi connectivity index (χ3n) is 10.9. The van der Waals surface area contributed by atoms with Gasteiger partial charge in [0.05, 0.1) is 15.9 Å². The van der Waals surface area contributed by atoms with Crippen LogP contribution >= 0.6 is 11.3 Å². The molecule has 11 aromatic rings. The molecule has 0 N–H and O–H groups in total. The van der Waals surface area contributed by atoms with E-state index in [0.29, 0.717) is 17.5 Å². The van der Waals surface area contributed by atoms with Gasteiger partial charge in [-0.1, -0.05) is 182 Å². The molecule has 0 saturated carbocycles. The number of hydrogen-bond donors (Lipinski definition) is 0. The van der Waals surface area contributed by atoms with Crippen LogP contribution in [0, 0.1) is 0 Å². The summed E-state index contributed by atoms with van der Waals surface area (Å²) in [5, 5.41) is 1.15. The van der Waals surface area contributed by atoms with Crippen LogP contribution in [0.15, 0.2) is 212 Å². The summed E-state index contributed by atoms with van der Waals surface area (Å²) in [6.07, 6.45) is 0. The van der Waals surface area contributed by atoms with Gasteiger partial charge in [-0.3, -0.25) is 0 Å². The van der Waals surface area contributed by atoms with E-state index in [1.165, 1.54) is 4.70 Å². The Labute approximate surface area is 357 Å². The SMILES string of the molecule is c1ccc(-c2nc(-c3ccccc3)nc(-c3cccc(-c4cccc(-c5cccc(-c6cccc(-c7nc(-c8ccccc8)nc8c7sc7ccccc78)c6)c5)c4)c3)n2)cc1. The van der Waals surface area contributed by atoms with Crippen molar-refractivity contribution in [2.75, 3.05) is 0 Å². The van der Waals surface area contributed by atoms with E-state index < -0.39 is 0 Å². The lowest BCUT2D eigenvalue weighted by atomic mass is 9.95. The van der Waals surface area contributed by atoms with Crippen LogP contribution < -0.4 is 0 Å². The molecule has 5 nitrogen and oxygen atoms in total. The predicted octanol–water partition coefficient (Wildman–Crippen LogP) is 14.4. The Balaban J connectivity index is 0.941. The summed E-state index contributed by atoms with van der Waals surface area (Å²) in [7, 11) is 0. The van der Waals surface area contributed by atoms with Crippen LogP contribution in [0.2, 0.25) is 0 Å². The molecule has 0 aliphatic carbocycles. The number of nitrogens with zero attached hydrogens (tertiary/aromatic N) is 5. The van der Waals surface area contributed by atoms with E-state index in [2.05, 4.69) is 133 Å². The molecule has 0 aliphatic rings. The molecule has 0 bridgehead atoms. The van der Waals surface area contributed by atoms with Crippen molar-refractivity contribution in [1.82, 2.24) is 24.9 Å². The average Bonchev–Trinajstić information content (AvgIpc) is 3.73. The summed E-state index contributed by atoms with van der Waals surface area (Å²) in [6, 6.07) is 73.6. The van der Waals surface area contributed by atoms with Gasteiger partial charge in [0, 0.05) is 37.9 Å². The third kappa shape index (κ3) is 7.16. The highest BCUT2D eigenvalue weighted by Crippen LogP contribution is 2.40. The van der Waals surface area contributed by atoms with E-state index >= 15 is 0 Å². The maximum Gasteiger partial charge on any atom is 0.164 e. The molecule has 286 valence electrons. The summed E-state index contributed by atoms with van der Waals surface area (Å²) in [4.78, 5) is 25.2. The monoisotopic (exact) mass is 797 g/mol. The first kappa shape index (κ1) is 36.2. The minimum absolute atomic E-state index is 0.631. The lowest BCUT2D eigenvalue weighted by Crippen LogP contribution is -2.00. The van der Waals surface area contributed by atoms with Gasteiger partial charge < -0.3 is 0 Å². The van der Waals surface area contributed by atoms with Crippen molar-refractivity contribution in [2.45, 2.75) is 0 Å². The molecule has 6 heteroatoms. The van der Waals surface area contributed by atoms with Crippen LogP contribution in [0.25, 0.3) is 110 Å². The van der Waals surface area contributed by atoms with Crippen LogP contribution in [-0.4, -0.2) is 24.9 Å². The first-order valence-corrected chi connectivity index (χ1v) is 21.1. The summed E-state index contributed by atoms with van der Waals surface area (Å²) in [5.41, 5.74) is 13.5. The first-order chi connectivity index (χ1) is 30.2. The number of hydrogen-bond acceptors (Lipinski definition) is 6. The molecule has 0 fully saturated rings. The zero-order valence-corrected chi connectivity index (χ0v) is 33.7. The summed E-state index contributed by atoms with van der Waals surface area (Å²) in [6.45, 7) is 0. The highest BCUT2D eigenvalue weighted by Gasteiger charge is 2.18. The normalized spacial score (nSPS) is 11.3. The van der Waals surface area contributed by atoms with Crippen molar-refractivity contribution < 1.29 is 0 Å². The molecule has 0 aliphatic heterocycles. The van der Waals surface area contributed by atoms with Crippen LogP contribution in [0.1, 0.15) is 0 Å². The first-order valence-electron chi connectivity index (χ1n) is 20.2. The van der Waals surface area contributed by atoms with Crippen LogP contribution in [0.4, 0.5) is 0 Å². The van der Waals surface area contributed by atoms with Gasteiger partial charge in [0.15, 0.2) is 23.3 Å². The van der Waals surface area contributed by atoms with E-state index in [9.17, 15) is 0 Å². The van der Waals surface area contributed by atoms with E-state index in [0.717, 1.165) is 88.3 Å². The highest BCUT2D eigenvalue weighted by molar-refractivity contribution is 7.26. The molecule has 0 saturated heterocycles. The lowest BCUT2D eigenvalue weighted by molar-refractivity contribution is 1.07. The molecule has 0 unspecified atom stereocenters. The van der Waals surface area contributed by atoms with Gasteiger partial charge in [0.25, 0.3) is 0 Å². The second-order valence-corrected chi connectivity index (χ2v) is 16.0. The number of thiophene rings is 1. The molecule has 8 aromatic carbocycles. The summed E-state index contributed by atoms with van der Waals surface area (Å²) < 4.78 is 2.30. The van der Waals surface area contributed by atoms with E-state index in [4.69, 9.17) is 24.9 Å². The summed E-state index contributed by atoms with van der Waals surface area (Å²) >= 11 is 1.75. The number of aromatic nitrogens is 5. The number of benzene rings is 8. The van der Waals surface area contributed by atoms with Crippen molar-refractivity contribution in [1.29, 1.82) is 0 Å². The van der Waals surface area contributed by atoms with Gasteiger partial charge in [0.1, 0.15) is 0 Å². The third-order valence-corrected chi connectivity index (χ3v) is 12.1. The van der Waals surface area contributed by atoms with Gasteiger partial charge in [-0.05, 0) is 63.7 Å². The van der Waals surface area contributed by atoms with Gasteiger partial charge in [-0.15, -0.1) is 11.3 Å². The van der Waals surface area contributed by atoms with Crippen LogP contribution in [-0.2, 0) is 0 Å². The topological polar surface area (TPSA) is 64.5 Å². The maximum atomic E-state index is 5.23. The standard InChI is InChI=1S/C55H35N5S/c1-4-16-36(17-5-1)52-56-49(51-50(57-52)47-30-10-11-31-48(47)61-51)45-28-14-26-43(34-45)41-24-12-22-39(32-41)40-23-13-25-42(33-40)44-27-15-29-46(35-44)55-59-53(37-18-6-2-7-19-37)58-54(60-55)38-20-8-3-9-21-38/h1-35H. The van der Waals surface area contributed by atoms with Crippen molar-refractivity contribution in [2.24, 2.45) is 0 Å². The molecule has 3 heterocycles. The molecule has 0 amide bonds. The highest BCUT2D eigenvalue weighted by atomic mass is 32.1. The van der Waals surface area contributed by atoms with Gasteiger partial charge in [-0.2, -0.15) is 0 Å². The Morgan fingerprint density at radius 1 is 0.262 bits per heavy atom. The Kier molecular flexibility index (Phi) is 9.30. The van der Waals surface area contributed by atoms with Crippen LogP contribution in [0.5, 0.6) is 0 Å². The number of fused-ring (bicyclic) bond motifs is 3. The lowest BCUT2D eigenvalue weighted by Gasteiger charge is -2.11. The molecule has 3 aromatic heterocycles.